The summed E-state index contributed by atoms with van der Waals surface area (Å²) < 4.78 is 6.65. The van der Waals surface area contributed by atoms with Gasteiger partial charge < -0.3 is 14.6 Å². The molecule has 30 heavy (non-hydrogen) atoms. The molecule has 1 aliphatic carbocycles. The lowest BCUT2D eigenvalue weighted by atomic mass is 9.65. The van der Waals surface area contributed by atoms with Crippen LogP contribution in [-0.4, -0.2) is 51.8 Å². The Labute approximate surface area is 176 Å². The average Bonchev–Trinajstić information content (AvgIpc) is 3.23. The van der Waals surface area contributed by atoms with Gasteiger partial charge in [-0.25, -0.2) is 4.79 Å². The summed E-state index contributed by atoms with van der Waals surface area (Å²) in [5, 5.41) is 2.82. The van der Waals surface area contributed by atoms with E-state index in [9.17, 15) is 19.2 Å². The lowest BCUT2D eigenvalue weighted by Crippen LogP contribution is -2.51. The number of aromatic nitrogens is 1. The third-order valence-corrected chi connectivity index (χ3v) is 6.98. The number of carbonyl (C=O) groups is 4. The van der Waals surface area contributed by atoms with E-state index in [1.165, 1.54) is 0 Å². The Morgan fingerprint density at radius 2 is 1.93 bits per heavy atom. The molecule has 0 aromatic carbocycles. The Balaban J connectivity index is 1.56. The molecule has 0 bridgehead atoms. The minimum atomic E-state index is -0.920. The van der Waals surface area contributed by atoms with Crippen molar-refractivity contribution < 1.29 is 23.9 Å². The summed E-state index contributed by atoms with van der Waals surface area (Å²) in [6.45, 7) is 5.73. The van der Waals surface area contributed by atoms with E-state index in [0.29, 0.717) is 24.5 Å². The summed E-state index contributed by atoms with van der Waals surface area (Å²) in [7, 11) is 1.72. The number of hydrogen-bond acceptors (Lipinski definition) is 5. The molecule has 8 nitrogen and oxygen atoms in total. The van der Waals surface area contributed by atoms with Gasteiger partial charge in [-0.15, -0.1) is 0 Å². The second-order valence-corrected chi connectivity index (χ2v) is 9.11. The molecule has 1 N–H and O–H groups in total. The highest BCUT2D eigenvalue weighted by atomic mass is 16.5. The van der Waals surface area contributed by atoms with Crippen molar-refractivity contribution in [2.45, 2.75) is 58.4 Å². The summed E-state index contributed by atoms with van der Waals surface area (Å²) in [5.41, 5.74) is -0.304. The second-order valence-electron chi connectivity index (χ2n) is 9.11. The molecule has 2 heterocycles. The molecule has 164 valence electrons. The van der Waals surface area contributed by atoms with Gasteiger partial charge in [0.1, 0.15) is 12.1 Å². The first-order chi connectivity index (χ1) is 14.1. The van der Waals surface area contributed by atoms with Gasteiger partial charge >= 0.3 is 12.0 Å². The van der Waals surface area contributed by atoms with Gasteiger partial charge in [-0.05, 0) is 49.1 Å². The first-order valence-electron chi connectivity index (χ1n) is 10.5. The summed E-state index contributed by atoms with van der Waals surface area (Å²) in [6, 6.07) is 2.78. The maximum absolute atomic E-state index is 13.0. The molecule has 0 radical (unpaired) electrons. The number of aryl methyl sites for hydroxylation is 1. The third kappa shape index (κ3) is 4.13. The Hall–Kier alpha value is -2.64. The van der Waals surface area contributed by atoms with Crippen molar-refractivity contribution >= 4 is 23.7 Å². The highest BCUT2D eigenvalue weighted by Gasteiger charge is 2.53. The van der Waals surface area contributed by atoms with E-state index in [1.54, 1.807) is 29.9 Å². The van der Waals surface area contributed by atoms with Gasteiger partial charge in [0.25, 0.3) is 5.91 Å². The molecule has 3 amide bonds. The number of rotatable bonds is 7. The van der Waals surface area contributed by atoms with Crippen LogP contribution in [0.2, 0.25) is 0 Å². The number of nitrogens with one attached hydrogen (secondary N) is 1. The van der Waals surface area contributed by atoms with Gasteiger partial charge in [0.15, 0.2) is 6.61 Å². The monoisotopic (exact) mass is 417 g/mol. The first kappa shape index (κ1) is 22.1. The third-order valence-electron chi connectivity index (χ3n) is 6.98. The van der Waals surface area contributed by atoms with E-state index in [4.69, 9.17) is 4.74 Å². The quantitative estimate of drug-likeness (QED) is 0.418. The van der Waals surface area contributed by atoms with E-state index >= 15 is 0 Å². The lowest BCUT2D eigenvalue weighted by Gasteiger charge is -2.42. The summed E-state index contributed by atoms with van der Waals surface area (Å²) in [6.07, 6.45) is 5.64. The molecule has 2 fully saturated rings. The number of amides is 3. The van der Waals surface area contributed by atoms with Crippen molar-refractivity contribution in [2.75, 3.05) is 13.2 Å². The molecule has 2 aliphatic rings. The summed E-state index contributed by atoms with van der Waals surface area (Å²) in [4.78, 5) is 50.6. The molecule has 8 heteroatoms. The van der Waals surface area contributed by atoms with Gasteiger partial charge in [-0.3, -0.25) is 19.3 Å². The zero-order valence-electron chi connectivity index (χ0n) is 18.2. The molecule has 1 saturated heterocycles. The maximum atomic E-state index is 13.0. The van der Waals surface area contributed by atoms with Gasteiger partial charge in [-0.1, -0.05) is 27.2 Å². The highest BCUT2D eigenvalue weighted by Crippen LogP contribution is 2.45. The van der Waals surface area contributed by atoms with Gasteiger partial charge in [0.05, 0.1) is 5.69 Å². The Bertz CT molecular complexity index is 849. The Morgan fingerprint density at radius 1 is 1.27 bits per heavy atom. The smallest absolute Gasteiger partial charge is 0.326 e. The number of Topliss-reactive ketones (excluding diaryl/α,β-unsaturated/α-hetero) is 1. The number of urea groups is 1. The fourth-order valence-corrected chi connectivity index (χ4v) is 4.48. The molecule has 1 saturated carbocycles. The SMILES string of the molecule is CCC(C)(C)C1CCC2(CC1)NC(=O)N(CC(=O)OCC(=O)c1cccn1C)C2=O. The van der Waals surface area contributed by atoms with Gasteiger partial charge in [0, 0.05) is 13.2 Å². The molecular weight excluding hydrogens is 386 g/mol. The Kier molecular flexibility index (Phi) is 6.06. The van der Waals surface area contributed by atoms with E-state index in [2.05, 4.69) is 26.1 Å². The predicted octanol–water partition coefficient (Wildman–Crippen LogP) is 2.67. The lowest BCUT2D eigenvalue weighted by molar-refractivity contribution is -0.147. The molecule has 3 rings (SSSR count). The van der Waals surface area contributed by atoms with E-state index in [0.717, 1.165) is 24.2 Å². The number of nitrogens with zero attached hydrogens (tertiary/aromatic N) is 2. The molecular formula is C22H31N3O5. The van der Waals surface area contributed by atoms with E-state index in [1.807, 2.05) is 0 Å². The number of hydrogen-bond donors (Lipinski definition) is 1. The van der Waals surface area contributed by atoms with Crippen LogP contribution in [0, 0.1) is 11.3 Å². The van der Waals surface area contributed by atoms with Gasteiger partial charge in [0.2, 0.25) is 5.78 Å². The first-order valence-corrected chi connectivity index (χ1v) is 10.5. The number of carbonyl (C=O) groups excluding carboxylic acids is 4. The van der Waals surface area contributed by atoms with Crippen molar-refractivity contribution in [3.8, 4) is 0 Å². The number of ketones is 1. The topological polar surface area (TPSA) is 97.7 Å². The van der Waals surface area contributed by atoms with Crippen molar-refractivity contribution in [2.24, 2.45) is 18.4 Å². The fourth-order valence-electron chi connectivity index (χ4n) is 4.48. The summed E-state index contributed by atoms with van der Waals surface area (Å²) >= 11 is 0. The summed E-state index contributed by atoms with van der Waals surface area (Å²) in [5.74, 6) is -0.994. The van der Waals surface area contributed by atoms with Crippen molar-refractivity contribution in [3.63, 3.8) is 0 Å². The molecule has 0 unspecified atom stereocenters. The van der Waals surface area contributed by atoms with Crippen LogP contribution in [0.4, 0.5) is 4.79 Å². The molecule has 0 atom stereocenters. The van der Waals surface area contributed by atoms with E-state index in [-0.39, 0.29) is 17.1 Å². The van der Waals surface area contributed by atoms with Crippen molar-refractivity contribution in [1.29, 1.82) is 0 Å². The maximum Gasteiger partial charge on any atom is 0.326 e. The second kappa shape index (κ2) is 8.24. The van der Waals surface area contributed by atoms with Crippen LogP contribution in [0.3, 0.4) is 0 Å². The zero-order valence-corrected chi connectivity index (χ0v) is 18.2. The Morgan fingerprint density at radius 3 is 2.50 bits per heavy atom. The van der Waals surface area contributed by atoms with Crippen LogP contribution in [0.5, 0.6) is 0 Å². The fraction of sp³-hybridized carbons (Fsp3) is 0.636. The minimum Gasteiger partial charge on any atom is -0.456 e. The minimum absolute atomic E-state index is 0.196. The zero-order chi connectivity index (χ0) is 22.1. The van der Waals surface area contributed by atoms with Crippen LogP contribution in [0.25, 0.3) is 0 Å². The molecule has 1 spiro atoms. The number of imide groups is 1. The molecule has 1 aromatic heterocycles. The van der Waals surface area contributed by atoms with Crippen LogP contribution in [0.1, 0.15) is 63.4 Å². The van der Waals surface area contributed by atoms with E-state index < -0.39 is 30.7 Å². The normalized spacial score (nSPS) is 24.3. The van der Waals surface area contributed by atoms with Crippen LogP contribution < -0.4 is 5.32 Å². The van der Waals surface area contributed by atoms with Crippen LogP contribution in [0.15, 0.2) is 18.3 Å². The van der Waals surface area contributed by atoms with Crippen molar-refractivity contribution in [1.82, 2.24) is 14.8 Å². The van der Waals surface area contributed by atoms with Crippen LogP contribution >= 0.6 is 0 Å². The average molecular weight is 418 g/mol. The number of ether oxygens (including phenoxy) is 1. The largest absolute Gasteiger partial charge is 0.456 e. The predicted molar refractivity (Wildman–Crippen MR) is 110 cm³/mol. The molecule has 1 aliphatic heterocycles. The van der Waals surface area contributed by atoms with Crippen LogP contribution in [-0.2, 0) is 21.4 Å². The molecule has 1 aromatic rings. The number of esters is 1. The standard InChI is InChI=1S/C22H31N3O5/c1-5-21(2,3)15-8-10-22(11-9-15)19(28)25(20(29)23-22)13-18(27)30-14-17(26)16-7-6-12-24(16)4/h6-7,12,15H,5,8-11,13-14H2,1-4H3,(H,23,29). The van der Waals surface area contributed by atoms with Crippen molar-refractivity contribution in [3.05, 3.63) is 24.0 Å². The highest BCUT2D eigenvalue weighted by molar-refractivity contribution is 6.08. The van der Waals surface area contributed by atoms with Gasteiger partial charge in [-0.2, -0.15) is 0 Å².